The molecule has 0 spiro atoms. The summed E-state index contributed by atoms with van der Waals surface area (Å²) in [7, 11) is 0. The lowest BCUT2D eigenvalue weighted by Gasteiger charge is -2.36. The number of anilines is 2. The van der Waals surface area contributed by atoms with Crippen LogP contribution in [0.3, 0.4) is 0 Å². The third-order valence-corrected chi connectivity index (χ3v) is 6.36. The predicted octanol–water partition coefficient (Wildman–Crippen LogP) is 2.56. The molecular weight excluding hydrogens is 390 g/mol. The number of para-hydroxylation sites is 1. The zero-order chi connectivity index (χ0) is 21.0. The molecule has 5 rings (SSSR count). The Morgan fingerprint density at radius 1 is 0.839 bits per heavy atom. The highest BCUT2D eigenvalue weighted by Crippen LogP contribution is 2.25. The standard InChI is InChI=1S/C23H29N7O/c31-21(28-10-6-1-2-7-11-28)17-30-23-20(16-26-30)22(24-18-25-23)29-14-12-27(13-15-29)19-8-4-3-5-9-19/h3-5,8-9,16,18H,1-2,6-7,10-15,17H2. The van der Waals surface area contributed by atoms with Crippen molar-refractivity contribution in [3.05, 3.63) is 42.9 Å². The van der Waals surface area contributed by atoms with E-state index in [2.05, 4.69) is 49.1 Å². The minimum Gasteiger partial charge on any atom is -0.368 e. The van der Waals surface area contributed by atoms with Gasteiger partial charge in [0, 0.05) is 45.0 Å². The molecule has 8 nitrogen and oxygen atoms in total. The normalized spacial score (nSPS) is 17.7. The van der Waals surface area contributed by atoms with Crippen LogP contribution in [0.4, 0.5) is 11.5 Å². The molecule has 31 heavy (non-hydrogen) atoms. The number of fused-ring (bicyclic) bond motifs is 1. The lowest BCUT2D eigenvalue weighted by Crippen LogP contribution is -2.46. The van der Waals surface area contributed by atoms with Crippen molar-refractivity contribution >= 4 is 28.4 Å². The molecule has 0 unspecified atom stereocenters. The number of hydrogen-bond donors (Lipinski definition) is 0. The largest absolute Gasteiger partial charge is 0.368 e. The van der Waals surface area contributed by atoms with E-state index in [1.165, 1.54) is 18.5 Å². The molecule has 0 bridgehead atoms. The van der Waals surface area contributed by atoms with Crippen molar-refractivity contribution in [2.75, 3.05) is 49.1 Å². The summed E-state index contributed by atoms with van der Waals surface area (Å²) < 4.78 is 1.73. The van der Waals surface area contributed by atoms with E-state index >= 15 is 0 Å². The molecule has 0 saturated carbocycles. The first-order valence-electron chi connectivity index (χ1n) is 11.3. The van der Waals surface area contributed by atoms with Gasteiger partial charge in [-0.2, -0.15) is 5.10 Å². The highest BCUT2D eigenvalue weighted by molar-refractivity contribution is 5.88. The first-order valence-corrected chi connectivity index (χ1v) is 11.3. The summed E-state index contributed by atoms with van der Waals surface area (Å²) in [6.07, 6.45) is 8.00. The molecule has 2 aromatic heterocycles. The van der Waals surface area contributed by atoms with Crippen LogP contribution in [0.5, 0.6) is 0 Å². The van der Waals surface area contributed by atoms with E-state index in [1.807, 2.05) is 17.2 Å². The van der Waals surface area contributed by atoms with E-state index in [1.54, 1.807) is 11.0 Å². The van der Waals surface area contributed by atoms with E-state index in [0.717, 1.165) is 69.0 Å². The van der Waals surface area contributed by atoms with E-state index < -0.39 is 0 Å². The first kappa shape index (κ1) is 19.8. The van der Waals surface area contributed by atoms with Crippen LogP contribution in [-0.4, -0.2) is 69.8 Å². The van der Waals surface area contributed by atoms with Crippen molar-refractivity contribution in [2.45, 2.75) is 32.2 Å². The number of likely N-dealkylation sites (tertiary alicyclic amines) is 1. The third-order valence-electron chi connectivity index (χ3n) is 6.36. The van der Waals surface area contributed by atoms with Crippen molar-refractivity contribution in [3.63, 3.8) is 0 Å². The monoisotopic (exact) mass is 419 g/mol. The SMILES string of the molecule is O=C(Cn1ncc2c(N3CCN(c4ccccc4)CC3)ncnc21)N1CCCCCC1. The summed E-state index contributed by atoms with van der Waals surface area (Å²) in [5, 5.41) is 5.42. The Bertz CT molecular complexity index is 1020. The van der Waals surface area contributed by atoms with Gasteiger partial charge in [-0.25, -0.2) is 14.6 Å². The fourth-order valence-corrected chi connectivity index (χ4v) is 4.61. The van der Waals surface area contributed by atoms with Crippen molar-refractivity contribution in [3.8, 4) is 0 Å². The van der Waals surface area contributed by atoms with Gasteiger partial charge in [0.1, 0.15) is 18.7 Å². The second kappa shape index (κ2) is 8.91. The van der Waals surface area contributed by atoms with Gasteiger partial charge < -0.3 is 14.7 Å². The summed E-state index contributed by atoms with van der Waals surface area (Å²) in [4.78, 5) is 28.5. The molecule has 1 amide bonds. The fraction of sp³-hybridized carbons (Fsp3) is 0.478. The van der Waals surface area contributed by atoms with Crippen LogP contribution < -0.4 is 9.80 Å². The van der Waals surface area contributed by atoms with Crippen molar-refractivity contribution in [1.82, 2.24) is 24.6 Å². The van der Waals surface area contributed by atoms with Gasteiger partial charge in [-0.15, -0.1) is 0 Å². The molecule has 0 N–H and O–H groups in total. The summed E-state index contributed by atoms with van der Waals surface area (Å²) >= 11 is 0. The summed E-state index contributed by atoms with van der Waals surface area (Å²) in [5.74, 6) is 1.04. The summed E-state index contributed by atoms with van der Waals surface area (Å²) in [6.45, 7) is 5.60. The Kier molecular flexibility index (Phi) is 5.69. The molecule has 2 fully saturated rings. The van der Waals surface area contributed by atoms with Gasteiger partial charge in [-0.3, -0.25) is 4.79 Å². The molecule has 0 radical (unpaired) electrons. The maximum atomic E-state index is 12.8. The number of hydrogen-bond acceptors (Lipinski definition) is 6. The van der Waals surface area contributed by atoms with E-state index in [9.17, 15) is 4.79 Å². The van der Waals surface area contributed by atoms with Gasteiger partial charge in [-0.05, 0) is 25.0 Å². The quantitative estimate of drug-likeness (QED) is 0.647. The number of nitrogens with zero attached hydrogens (tertiary/aromatic N) is 7. The second-order valence-corrected chi connectivity index (χ2v) is 8.34. The topological polar surface area (TPSA) is 70.4 Å². The Morgan fingerprint density at radius 2 is 1.55 bits per heavy atom. The molecule has 1 aromatic carbocycles. The number of carbonyl (C=O) groups is 1. The van der Waals surface area contributed by atoms with Crippen LogP contribution >= 0.6 is 0 Å². The molecule has 2 saturated heterocycles. The molecular formula is C23H29N7O. The minimum atomic E-state index is 0.128. The predicted molar refractivity (Wildman–Crippen MR) is 121 cm³/mol. The van der Waals surface area contributed by atoms with Crippen molar-refractivity contribution in [2.24, 2.45) is 0 Å². The van der Waals surface area contributed by atoms with Crippen LogP contribution in [-0.2, 0) is 11.3 Å². The Hall–Kier alpha value is -3.16. The number of piperazine rings is 1. The van der Waals surface area contributed by atoms with Gasteiger partial charge >= 0.3 is 0 Å². The third kappa shape index (κ3) is 4.19. The number of rotatable bonds is 4. The summed E-state index contributed by atoms with van der Waals surface area (Å²) in [6, 6.07) is 10.5. The van der Waals surface area contributed by atoms with Crippen LogP contribution in [0.1, 0.15) is 25.7 Å². The zero-order valence-corrected chi connectivity index (χ0v) is 17.9. The van der Waals surface area contributed by atoms with E-state index in [0.29, 0.717) is 0 Å². The molecule has 2 aliphatic rings. The molecule has 162 valence electrons. The van der Waals surface area contributed by atoms with E-state index in [4.69, 9.17) is 0 Å². The van der Waals surface area contributed by atoms with Gasteiger partial charge in [0.15, 0.2) is 5.65 Å². The lowest BCUT2D eigenvalue weighted by molar-refractivity contribution is -0.131. The van der Waals surface area contributed by atoms with E-state index in [-0.39, 0.29) is 12.5 Å². The second-order valence-electron chi connectivity index (χ2n) is 8.34. The number of aromatic nitrogens is 4. The van der Waals surface area contributed by atoms with Gasteiger partial charge in [-0.1, -0.05) is 31.0 Å². The minimum absolute atomic E-state index is 0.128. The molecule has 0 aliphatic carbocycles. The molecule has 8 heteroatoms. The molecule has 0 atom stereocenters. The maximum absolute atomic E-state index is 12.8. The lowest BCUT2D eigenvalue weighted by atomic mass is 10.2. The average molecular weight is 420 g/mol. The molecule has 2 aliphatic heterocycles. The number of amides is 1. The van der Waals surface area contributed by atoms with Gasteiger partial charge in [0.25, 0.3) is 0 Å². The molecule has 4 heterocycles. The molecule has 3 aromatic rings. The van der Waals surface area contributed by atoms with Crippen LogP contribution in [0.2, 0.25) is 0 Å². The first-order chi connectivity index (χ1) is 15.3. The highest BCUT2D eigenvalue weighted by atomic mass is 16.2. The Morgan fingerprint density at radius 3 is 2.29 bits per heavy atom. The van der Waals surface area contributed by atoms with Gasteiger partial charge in [0.2, 0.25) is 5.91 Å². The van der Waals surface area contributed by atoms with Crippen LogP contribution in [0.15, 0.2) is 42.9 Å². The van der Waals surface area contributed by atoms with Crippen molar-refractivity contribution in [1.29, 1.82) is 0 Å². The van der Waals surface area contributed by atoms with Crippen LogP contribution in [0, 0.1) is 0 Å². The average Bonchev–Trinajstić information content (AvgIpc) is 3.04. The smallest absolute Gasteiger partial charge is 0.244 e. The van der Waals surface area contributed by atoms with Crippen LogP contribution in [0.25, 0.3) is 11.0 Å². The van der Waals surface area contributed by atoms with Gasteiger partial charge in [0.05, 0.1) is 11.6 Å². The fourth-order valence-electron chi connectivity index (χ4n) is 4.61. The Labute approximate surface area is 182 Å². The van der Waals surface area contributed by atoms with Crippen molar-refractivity contribution < 1.29 is 4.79 Å². The highest BCUT2D eigenvalue weighted by Gasteiger charge is 2.23. The Balaban J connectivity index is 1.30. The zero-order valence-electron chi connectivity index (χ0n) is 17.9. The summed E-state index contributed by atoms with van der Waals surface area (Å²) in [5.41, 5.74) is 1.99. The number of carbonyl (C=O) groups excluding carboxylic acids is 1. The number of benzene rings is 1. The maximum Gasteiger partial charge on any atom is 0.244 e.